The Morgan fingerprint density at radius 1 is 1.21 bits per heavy atom. The van der Waals surface area contributed by atoms with Gasteiger partial charge in [-0.3, -0.25) is 9.59 Å². The van der Waals surface area contributed by atoms with E-state index in [1.165, 1.54) is 24.3 Å². The molecule has 9 heteroatoms. The van der Waals surface area contributed by atoms with Crippen molar-refractivity contribution in [3.8, 4) is 0 Å². The van der Waals surface area contributed by atoms with Crippen LogP contribution in [0.25, 0.3) is 0 Å². The number of hydrogen-bond acceptors (Lipinski definition) is 4. The van der Waals surface area contributed by atoms with Crippen molar-refractivity contribution in [3.63, 3.8) is 0 Å². The summed E-state index contributed by atoms with van der Waals surface area (Å²) in [6.07, 6.45) is 1.63. The second kappa shape index (κ2) is 9.01. The third-order valence-corrected chi connectivity index (χ3v) is 5.69. The SMILES string of the molecule is Cc1csc(=O)n1CCC(=O)N1CCC(NC(=O)Nc2ccc(F)cc2)CC1. The molecule has 1 saturated heterocycles. The van der Waals surface area contributed by atoms with E-state index in [4.69, 9.17) is 0 Å². The number of carbonyl (C=O) groups excluding carboxylic acids is 2. The van der Waals surface area contributed by atoms with Crippen LogP contribution in [0.15, 0.2) is 34.4 Å². The molecule has 150 valence electrons. The molecule has 7 nitrogen and oxygen atoms in total. The lowest BCUT2D eigenvalue weighted by Gasteiger charge is -2.32. The molecule has 0 atom stereocenters. The summed E-state index contributed by atoms with van der Waals surface area (Å²) >= 11 is 1.14. The van der Waals surface area contributed by atoms with Crippen molar-refractivity contribution in [2.75, 3.05) is 18.4 Å². The second-order valence-corrected chi connectivity index (χ2v) is 7.63. The van der Waals surface area contributed by atoms with E-state index in [1.54, 1.807) is 14.8 Å². The van der Waals surface area contributed by atoms with Crippen LogP contribution in [0, 0.1) is 12.7 Å². The topological polar surface area (TPSA) is 83.4 Å². The Kier molecular flexibility index (Phi) is 6.45. The molecule has 1 aromatic heterocycles. The summed E-state index contributed by atoms with van der Waals surface area (Å²) in [5, 5.41) is 7.35. The fourth-order valence-electron chi connectivity index (χ4n) is 3.20. The van der Waals surface area contributed by atoms with E-state index in [0.29, 0.717) is 44.6 Å². The lowest BCUT2D eigenvalue weighted by molar-refractivity contribution is -0.132. The molecular formula is C19H23FN4O3S. The average Bonchev–Trinajstić information content (AvgIpc) is 3.00. The highest BCUT2D eigenvalue weighted by Gasteiger charge is 2.24. The van der Waals surface area contributed by atoms with Crippen LogP contribution in [-0.2, 0) is 11.3 Å². The van der Waals surface area contributed by atoms with Crippen LogP contribution in [0.4, 0.5) is 14.9 Å². The number of thiazole rings is 1. The van der Waals surface area contributed by atoms with Gasteiger partial charge in [-0.1, -0.05) is 11.3 Å². The number of aryl methyl sites for hydroxylation is 1. The number of carbonyl (C=O) groups is 2. The van der Waals surface area contributed by atoms with Gasteiger partial charge in [0.15, 0.2) is 0 Å². The minimum absolute atomic E-state index is 0.0201. The quantitative estimate of drug-likeness (QED) is 0.801. The van der Waals surface area contributed by atoms with Gasteiger partial charge in [0.2, 0.25) is 5.91 Å². The number of nitrogens with zero attached hydrogens (tertiary/aromatic N) is 2. The number of nitrogens with one attached hydrogen (secondary N) is 2. The van der Waals surface area contributed by atoms with Gasteiger partial charge >= 0.3 is 10.9 Å². The third kappa shape index (κ3) is 5.19. The number of likely N-dealkylation sites (tertiary alicyclic amines) is 1. The number of rotatable bonds is 5. The molecule has 0 saturated carbocycles. The first kappa shape index (κ1) is 20.1. The Bertz CT molecular complexity index is 885. The molecule has 2 heterocycles. The zero-order chi connectivity index (χ0) is 20.1. The number of urea groups is 1. The molecule has 3 amide bonds. The van der Waals surface area contributed by atoms with Crippen molar-refractivity contribution >= 4 is 29.0 Å². The van der Waals surface area contributed by atoms with E-state index < -0.39 is 0 Å². The molecular weight excluding hydrogens is 383 g/mol. The largest absolute Gasteiger partial charge is 0.342 e. The van der Waals surface area contributed by atoms with Gasteiger partial charge in [-0.25, -0.2) is 9.18 Å². The molecule has 1 aromatic carbocycles. The van der Waals surface area contributed by atoms with Gasteiger partial charge < -0.3 is 20.1 Å². The predicted molar refractivity (Wildman–Crippen MR) is 106 cm³/mol. The summed E-state index contributed by atoms with van der Waals surface area (Å²) < 4.78 is 14.5. The van der Waals surface area contributed by atoms with Gasteiger partial charge in [0, 0.05) is 48.9 Å². The average molecular weight is 406 g/mol. The van der Waals surface area contributed by atoms with Crippen LogP contribution in [0.1, 0.15) is 25.0 Å². The van der Waals surface area contributed by atoms with E-state index in [0.717, 1.165) is 17.0 Å². The van der Waals surface area contributed by atoms with Crippen molar-refractivity contribution in [2.24, 2.45) is 0 Å². The number of piperidine rings is 1. The lowest BCUT2D eigenvalue weighted by atomic mass is 10.0. The molecule has 0 aliphatic carbocycles. The summed E-state index contributed by atoms with van der Waals surface area (Å²) in [5.74, 6) is -0.339. The van der Waals surface area contributed by atoms with Crippen molar-refractivity contribution in [2.45, 2.75) is 38.8 Å². The van der Waals surface area contributed by atoms with E-state index in [1.807, 2.05) is 6.92 Å². The van der Waals surface area contributed by atoms with Crippen LogP contribution >= 0.6 is 11.3 Å². The second-order valence-electron chi connectivity index (χ2n) is 6.81. The molecule has 1 aliphatic heterocycles. The van der Waals surface area contributed by atoms with Gasteiger partial charge in [-0.15, -0.1) is 0 Å². The molecule has 2 aromatic rings. The molecule has 0 bridgehead atoms. The van der Waals surface area contributed by atoms with E-state index >= 15 is 0 Å². The molecule has 0 unspecified atom stereocenters. The number of aromatic nitrogens is 1. The first-order valence-electron chi connectivity index (χ1n) is 9.18. The van der Waals surface area contributed by atoms with Crippen molar-refractivity contribution in [1.29, 1.82) is 0 Å². The monoisotopic (exact) mass is 406 g/mol. The van der Waals surface area contributed by atoms with Crippen LogP contribution in [0.5, 0.6) is 0 Å². The van der Waals surface area contributed by atoms with Gasteiger partial charge in [0.25, 0.3) is 0 Å². The highest BCUT2D eigenvalue weighted by atomic mass is 32.1. The number of hydrogen-bond donors (Lipinski definition) is 2. The van der Waals surface area contributed by atoms with E-state index in [2.05, 4.69) is 10.6 Å². The number of anilines is 1. The lowest BCUT2D eigenvalue weighted by Crippen LogP contribution is -2.47. The molecule has 3 rings (SSSR count). The van der Waals surface area contributed by atoms with Gasteiger partial charge in [-0.2, -0.15) is 0 Å². The number of halogens is 1. The first-order chi connectivity index (χ1) is 13.4. The maximum Gasteiger partial charge on any atom is 0.319 e. The summed E-state index contributed by atoms with van der Waals surface area (Å²) in [6.45, 7) is 3.39. The first-order valence-corrected chi connectivity index (χ1v) is 10.1. The van der Waals surface area contributed by atoms with Crippen molar-refractivity contribution in [1.82, 2.24) is 14.8 Å². The fourth-order valence-corrected chi connectivity index (χ4v) is 3.96. The van der Waals surface area contributed by atoms with Crippen LogP contribution in [-0.4, -0.2) is 40.5 Å². The van der Waals surface area contributed by atoms with Crippen LogP contribution < -0.4 is 15.5 Å². The highest BCUT2D eigenvalue weighted by Crippen LogP contribution is 2.13. The molecule has 28 heavy (non-hydrogen) atoms. The van der Waals surface area contributed by atoms with Gasteiger partial charge in [0.05, 0.1) is 0 Å². The number of amides is 3. The summed E-state index contributed by atoms with van der Waals surface area (Å²) in [6, 6.07) is 5.19. The molecule has 1 aliphatic rings. The van der Waals surface area contributed by atoms with E-state index in [9.17, 15) is 18.8 Å². The van der Waals surface area contributed by atoms with E-state index in [-0.39, 0.29) is 28.7 Å². The zero-order valence-electron chi connectivity index (χ0n) is 15.6. The van der Waals surface area contributed by atoms with Crippen molar-refractivity contribution < 1.29 is 14.0 Å². The zero-order valence-corrected chi connectivity index (χ0v) is 16.4. The van der Waals surface area contributed by atoms with Crippen LogP contribution in [0.2, 0.25) is 0 Å². The third-order valence-electron chi connectivity index (χ3n) is 4.81. The Labute approximate surface area is 166 Å². The summed E-state index contributed by atoms with van der Waals surface area (Å²) in [7, 11) is 0. The maximum atomic E-state index is 12.9. The molecule has 1 fully saturated rings. The standard InChI is InChI=1S/C19H23FN4O3S/c1-13-12-28-19(27)24(13)11-8-17(25)23-9-6-16(7-10-23)22-18(26)21-15-4-2-14(20)3-5-15/h2-5,12,16H,6-11H2,1H3,(H2,21,22,26). The van der Waals surface area contributed by atoms with Crippen molar-refractivity contribution in [3.05, 3.63) is 50.8 Å². The minimum Gasteiger partial charge on any atom is -0.342 e. The normalized spacial score (nSPS) is 14.7. The maximum absolute atomic E-state index is 12.9. The smallest absolute Gasteiger partial charge is 0.319 e. The summed E-state index contributed by atoms with van der Waals surface area (Å²) in [5.41, 5.74) is 1.39. The van der Waals surface area contributed by atoms with Gasteiger partial charge in [0.1, 0.15) is 5.82 Å². The predicted octanol–water partition coefficient (Wildman–Crippen LogP) is 2.56. The Morgan fingerprint density at radius 2 is 1.89 bits per heavy atom. The Morgan fingerprint density at radius 3 is 2.50 bits per heavy atom. The molecule has 2 N–H and O–H groups in total. The number of benzene rings is 1. The molecule has 0 radical (unpaired) electrons. The van der Waals surface area contributed by atoms with Crippen LogP contribution in [0.3, 0.4) is 0 Å². The van der Waals surface area contributed by atoms with Gasteiger partial charge in [-0.05, 0) is 44.0 Å². The highest BCUT2D eigenvalue weighted by molar-refractivity contribution is 7.07. The fraction of sp³-hybridized carbons (Fsp3) is 0.421. The minimum atomic E-state index is -0.359. The summed E-state index contributed by atoms with van der Waals surface area (Å²) in [4.78, 5) is 37.9. The Hall–Kier alpha value is -2.68. The molecule has 0 spiro atoms. The Balaban J connectivity index is 1.41.